The van der Waals surface area contributed by atoms with Crippen molar-refractivity contribution in [3.8, 4) is 0 Å². The van der Waals surface area contributed by atoms with Crippen molar-refractivity contribution in [2.45, 2.75) is 117 Å². The van der Waals surface area contributed by atoms with Gasteiger partial charge in [-0.3, -0.25) is 4.79 Å². The number of carbonyl (C=O) groups is 1. The minimum atomic E-state index is 0.0914. The molecule has 3 saturated carbocycles. The topological polar surface area (TPSA) is 26.3 Å². The molecule has 0 spiro atoms. The van der Waals surface area contributed by atoms with Crippen molar-refractivity contribution in [1.29, 1.82) is 0 Å². The fraction of sp³-hybridized carbons (Fsp3) is 0.960. The largest absolute Gasteiger partial charge is 0.465 e. The average Bonchev–Trinajstić information content (AvgIpc) is 2.74. The first-order valence-corrected chi connectivity index (χ1v) is 12.4. The Bertz CT molecular complexity index is 435. The zero-order chi connectivity index (χ0) is 19.1. The lowest BCUT2D eigenvalue weighted by atomic mass is 9.52. The highest BCUT2D eigenvalue weighted by Crippen LogP contribution is 2.58. The maximum absolute atomic E-state index is 12.3. The summed E-state index contributed by atoms with van der Waals surface area (Å²) >= 11 is 0. The van der Waals surface area contributed by atoms with E-state index in [-0.39, 0.29) is 11.9 Å². The predicted molar refractivity (Wildman–Crippen MR) is 113 cm³/mol. The molecular formula is C25H44O2. The van der Waals surface area contributed by atoms with E-state index < -0.39 is 0 Å². The molecule has 3 aliphatic carbocycles. The number of rotatable bonds is 7. The van der Waals surface area contributed by atoms with E-state index in [1.54, 1.807) is 0 Å². The van der Waals surface area contributed by atoms with Gasteiger partial charge in [-0.05, 0) is 93.8 Å². The van der Waals surface area contributed by atoms with Gasteiger partial charge in [0.25, 0.3) is 0 Å². The van der Waals surface area contributed by atoms with Crippen LogP contribution in [0.2, 0.25) is 0 Å². The van der Waals surface area contributed by atoms with Crippen LogP contribution in [0.1, 0.15) is 117 Å². The van der Waals surface area contributed by atoms with E-state index >= 15 is 0 Å². The van der Waals surface area contributed by atoms with Gasteiger partial charge < -0.3 is 4.74 Å². The summed E-state index contributed by atoms with van der Waals surface area (Å²) in [7, 11) is 0. The summed E-state index contributed by atoms with van der Waals surface area (Å²) in [4.78, 5) is 12.3. The molecule has 0 aromatic carbocycles. The number of esters is 1. The second kappa shape index (κ2) is 10.3. The summed E-state index contributed by atoms with van der Waals surface area (Å²) in [5, 5.41) is 0. The maximum atomic E-state index is 12.3. The Kier molecular flexibility index (Phi) is 8.09. The molecule has 0 atom stereocenters. The molecule has 3 aliphatic rings. The van der Waals surface area contributed by atoms with Crippen molar-refractivity contribution in [3.63, 3.8) is 0 Å². The van der Waals surface area contributed by atoms with Crippen molar-refractivity contribution in [2.75, 3.05) is 6.61 Å². The molecule has 0 unspecified atom stereocenters. The Morgan fingerprint density at radius 3 is 2.04 bits per heavy atom. The second-order valence-electron chi connectivity index (χ2n) is 10.0. The highest BCUT2D eigenvalue weighted by Gasteiger charge is 2.48. The smallest absolute Gasteiger partial charge is 0.308 e. The molecule has 0 aromatic heterocycles. The molecule has 0 aliphatic heterocycles. The Labute approximate surface area is 168 Å². The normalized spacial score (nSPS) is 35.7. The van der Waals surface area contributed by atoms with Crippen LogP contribution in [0.3, 0.4) is 0 Å². The van der Waals surface area contributed by atoms with Crippen molar-refractivity contribution in [2.24, 2.45) is 29.1 Å². The first-order valence-electron chi connectivity index (χ1n) is 12.4. The first-order chi connectivity index (χ1) is 13.2. The van der Waals surface area contributed by atoms with Gasteiger partial charge in [0, 0.05) is 0 Å². The number of hydrogen-bond acceptors (Lipinski definition) is 2. The molecule has 2 nitrogen and oxygen atoms in total. The molecule has 3 fully saturated rings. The summed E-state index contributed by atoms with van der Waals surface area (Å²) in [5.41, 5.74) is 0.614. The van der Waals surface area contributed by atoms with Crippen molar-refractivity contribution in [1.82, 2.24) is 0 Å². The van der Waals surface area contributed by atoms with Crippen LogP contribution in [0.5, 0.6) is 0 Å². The predicted octanol–water partition coefficient (Wildman–Crippen LogP) is 7.30. The minimum Gasteiger partial charge on any atom is -0.465 e. The molecule has 156 valence electrons. The highest BCUT2D eigenvalue weighted by molar-refractivity contribution is 5.72. The lowest BCUT2D eigenvalue weighted by Crippen LogP contribution is -2.44. The Hall–Kier alpha value is -0.530. The van der Waals surface area contributed by atoms with E-state index in [2.05, 4.69) is 13.8 Å². The number of carbonyl (C=O) groups excluding carboxylic acids is 1. The molecule has 2 heteroatoms. The van der Waals surface area contributed by atoms with Crippen molar-refractivity contribution >= 4 is 5.97 Å². The van der Waals surface area contributed by atoms with Gasteiger partial charge in [0.15, 0.2) is 0 Å². The highest BCUT2D eigenvalue weighted by atomic mass is 16.5. The lowest BCUT2D eigenvalue weighted by Gasteiger charge is -2.53. The van der Waals surface area contributed by atoms with Crippen LogP contribution in [-0.4, -0.2) is 12.6 Å². The molecule has 0 amide bonds. The molecule has 0 N–H and O–H groups in total. The zero-order valence-electron chi connectivity index (χ0n) is 18.1. The van der Waals surface area contributed by atoms with E-state index in [1.165, 1.54) is 83.5 Å². The monoisotopic (exact) mass is 376 g/mol. The zero-order valence-corrected chi connectivity index (χ0v) is 18.1. The first kappa shape index (κ1) is 21.2. The van der Waals surface area contributed by atoms with Gasteiger partial charge in [0.2, 0.25) is 0 Å². The molecule has 0 bridgehead atoms. The van der Waals surface area contributed by atoms with Crippen molar-refractivity contribution in [3.05, 3.63) is 0 Å². The SMILES string of the molecule is CCCOC(=O)C1CCC(C2(C3CCCCC3)CCC(CCC)CC2)CC1. The third kappa shape index (κ3) is 5.10. The number of hydrogen-bond donors (Lipinski definition) is 0. The van der Waals surface area contributed by atoms with E-state index in [1.807, 2.05) is 0 Å². The van der Waals surface area contributed by atoms with Crippen LogP contribution in [0.25, 0.3) is 0 Å². The maximum Gasteiger partial charge on any atom is 0.308 e. The molecule has 0 aromatic rings. The molecule has 0 saturated heterocycles. The van der Waals surface area contributed by atoms with Gasteiger partial charge in [0.1, 0.15) is 0 Å². The van der Waals surface area contributed by atoms with E-state index in [0.717, 1.165) is 37.0 Å². The van der Waals surface area contributed by atoms with Crippen LogP contribution in [0, 0.1) is 29.1 Å². The number of ether oxygens (including phenoxy) is 1. The summed E-state index contributed by atoms with van der Waals surface area (Å²) in [6.07, 6.45) is 21.7. The van der Waals surface area contributed by atoms with Crippen LogP contribution in [-0.2, 0) is 9.53 Å². The Morgan fingerprint density at radius 1 is 0.815 bits per heavy atom. The minimum absolute atomic E-state index is 0.0914. The van der Waals surface area contributed by atoms with E-state index in [9.17, 15) is 4.79 Å². The van der Waals surface area contributed by atoms with Gasteiger partial charge in [-0.25, -0.2) is 0 Å². The van der Waals surface area contributed by atoms with Gasteiger partial charge in [-0.2, -0.15) is 0 Å². The summed E-state index contributed by atoms with van der Waals surface area (Å²) in [6, 6.07) is 0. The molecule has 27 heavy (non-hydrogen) atoms. The van der Waals surface area contributed by atoms with Gasteiger partial charge >= 0.3 is 5.97 Å². The summed E-state index contributed by atoms with van der Waals surface area (Å²) in [5.74, 6) is 3.12. The van der Waals surface area contributed by atoms with E-state index in [0.29, 0.717) is 12.0 Å². The molecule has 0 radical (unpaired) electrons. The van der Waals surface area contributed by atoms with E-state index in [4.69, 9.17) is 4.74 Å². The average molecular weight is 377 g/mol. The lowest BCUT2D eigenvalue weighted by molar-refractivity contribution is -0.151. The standard InChI is InChI=1S/C25H44O2/c1-3-8-20-15-17-25(18-16-20,22-9-6-5-7-10-22)23-13-11-21(12-14-23)24(26)27-19-4-2/h20-23H,3-19H2,1-2H3. The Balaban J connectivity index is 1.63. The van der Waals surface area contributed by atoms with Gasteiger partial charge in [-0.15, -0.1) is 0 Å². The van der Waals surface area contributed by atoms with Crippen LogP contribution in [0.15, 0.2) is 0 Å². The van der Waals surface area contributed by atoms with Gasteiger partial charge in [0.05, 0.1) is 12.5 Å². The fourth-order valence-electron chi connectivity index (χ4n) is 6.96. The van der Waals surface area contributed by atoms with Crippen LogP contribution < -0.4 is 0 Å². The molecule has 3 rings (SSSR count). The fourth-order valence-corrected chi connectivity index (χ4v) is 6.96. The molecule has 0 heterocycles. The Morgan fingerprint density at radius 2 is 1.44 bits per heavy atom. The van der Waals surface area contributed by atoms with Crippen LogP contribution >= 0.6 is 0 Å². The summed E-state index contributed by atoms with van der Waals surface area (Å²) in [6.45, 7) is 5.03. The van der Waals surface area contributed by atoms with Crippen LogP contribution in [0.4, 0.5) is 0 Å². The van der Waals surface area contributed by atoms with Gasteiger partial charge in [-0.1, -0.05) is 46.0 Å². The second-order valence-corrected chi connectivity index (χ2v) is 10.0. The third-order valence-corrected chi connectivity index (χ3v) is 8.47. The summed E-state index contributed by atoms with van der Waals surface area (Å²) < 4.78 is 5.45. The molecular weight excluding hydrogens is 332 g/mol. The third-order valence-electron chi connectivity index (χ3n) is 8.47. The quantitative estimate of drug-likeness (QED) is 0.436. The van der Waals surface area contributed by atoms with Crippen molar-refractivity contribution < 1.29 is 9.53 Å².